The second kappa shape index (κ2) is 6.14. The predicted octanol–water partition coefficient (Wildman–Crippen LogP) is 0.300. The molecule has 0 amide bonds. The molecule has 3 nitrogen and oxygen atoms in total. The van der Waals surface area contributed by atoms with Gasteiger partial charge in [-0.3, -0.25) is 0 Å². The summed E-state index contributed by atoms with van der Waals surface area (Å²) >= 11 is 0. The van der Waals surface area contributed by atoms with E-state index in [0.717, 1.165) is 19.1 Å². The van der Waals surface area contributed by atoms with Gasteiger partial charge in [0.25, 0.3) is 0 Å². The van der Waals surface area contributed by atoms with Crippen LogP contribution in [0.25, 0.3) is 0 Å². The van der Waals surface area contributed by atoms with Crippen LogP contribution in [0.2, 0.25) is 0 Å². The van der Waals surface area contributed by atoms with E-state index in [0.29, 0.717) is 6.42 Å². The Morgan fingerprint density at radius 2 is 2.25 bits per heavy atom. The monoisotopic (exact) mass is 114 g/mol. The van der Waals surface area contributed by atoms with Crippen molar-refractivity contribution in [3.63, 3.8) is 0 Å². The minimum Gasteiger partial charge on any atom is -0.324 e. The quantitative estimate of drug-likeness (QED) is 0.188. The highest BCUT2D eigenvalue weighted by Crippen LogP contribution is 1.86. The normalized spacial score (nSPS) is 10.0. The summed E-state index contributed by atoms with van der Waals surface area (Å²) in [6.45, 7) is 0. The van der Waals surface area contributed by atoms with Crippen LogP contribution in [0.4, 0.5) is 0 Å². The number of carbonyl (C=O) groups is 1. The van der Waals surface area contributed by atoms with Gasteiger partial charge in [-0.25, -0.2) is 0 Å². The SMILES string of the molecule is N/N=C/CCCC=O. The first-order chi connectivity index (χ1) is 3.91. The maximum absolute atomic E-state index is 9.69. The van der Waals surface area contributed by atoms with Crippen molar-refractivity contribution in [1.29, 1.82) is 0 Å². The smallest absolute Gasteiger partial charge is 0.120 e. The zero-order valence-corrected chi connectivity index (χ0v) is 4.71. The van der Waals surface area contributed by atoms with Crippen LogP contribution in [0.15, 0.2) is 5.10 Å². The largest absolute Gasteiger partial charge is 0.324 e. The molecule has 46 valence electrons. The second-order valence-corrected chi connectivity index (χ2v) is 1.43. The van der Waals surface area contributed by atoms with Crippen molar-refractivity contribution in [2.45, 2.75) is 19.3 Å². The van der Waals surface area contributed by atoms with E-state index in [9.17, 15) is 4.79 Å². The number of nitrogens with two attached hydrogens (primary N) is 1. The van der Waals surface area contributed by atoms with Gasteiger partial charge in [-0.1, -0.05) is 0 Å². The lowest BCUT2D eigenvalue weighted by molar-refractivity contribution is -0.107. The molecule has 0 rings (SSSR count). The Labute approximate surface area is 48.6 Å². The molecule has 0 radical (unpaired) electrons. The van der Waals surface area contributed by atoms with Gasteiger partial charge >= 0.3 is 0 Å². The van der Waals surface area contributed by atoms with Crippen LogP contribution in [0.5, 0.6) is 0 Å². The van der Waals surface area contributed by atoms with Crippen LogP contribution in [0.1, 0.15) is 19.3 Å². The van der Waals surface area contributed by atoms with E-state index in [1.807, 2.05) is 0 Å². The minimum atomic E-state index is 0.603. The molecular formula is C5H10N2O. The zero-order chi connectivity index (χ0) is 6.24. The summed E-state index contributed by atoms with van der Waals surface area (Å²) in [5, 5.41) is 3.27. The van der Waals surface area contributed by atoms with Crippen LogP contribution in [0.3, 0.4) is 0 Å². The first-order valence-electron chi connectivity index (χ1n) is 2.57. The molecule has 2 N–H and O–H groups in total. The van der Waals surface area contributed by atoms with Crippen LogP contribution in [-0.2, 0) is 4.79 Å². The topological polar surface area (TPSA) is 55.4 Å². The first-order valence-corrected chi connectivity index (χ1v) is 2.57. The van der Waals surface area contributed by atoms with Gasteiger partial charge in [0.2, 0.25) is 0 Å². The molecule has 3 heteroatoms. The van der Waals surface area contributed by atoms with E-state index in [4.69, 9.17) is 5.84 Å². The molecular weight excluding hydrogens is 104 g/mol. The lowest BCUT2D eigenvalue weighted by atomic mass is 10.3. The molecule has 0 fully saturated rings. The van der Waals surface area contributed by atoms with Gasteiger partial charge in [0.05, 0.1) is 0 Å². The van der Waals surface area contributed by atoms with E-state index < -0.39 is 0 Å². The number of unbranched alkanes of at least 4 members (excludes halogenated alkanes) is 2. The number of aldehydes is 1. The third-order valence-electron chi connectivity index (χ3n) is 0.761. The molecule has 0 unspecified atom stereocenters. The minimum absolute atomic E-state index is 0.603. The molecule has 0 aromatic heterocycles. The molecule has 0 aliphatic rings. The number of hydrazone groups is 1. The maximum atomic E-state index is 9.69. The van der Waals surface area contributed by atoms with E-state index in [1.165, 1.54) is 0 Å². The number of nitrogens with zero attached hydrogens (tertiary/aromatic N) is 1. The third-order valence-corrected chi connectivity index (χ3v) is 0.761. The fourth-order valence-corrected chi connectivity index (χ4v) is 0.367. The van der Waals surface area contributed by atoms with Gasteiger partial charge in [-0.15, -0.1) is 0 Å². The highest BCUT2D eigenvalue weighted by atomic mass is 16.1. The Balaban J connectivity index is 2.82. The molecule has 0 aliphatic carbocycles. The molecule has 0 heterocycles. The summed E-state index contributed by atoms with van der Waals surface area (Å²) in [5.74, 6) is 4.79. The number of hydrogen-bond donors (Lipinski definition) is 1. The van der Waals surface area contributed by atoms with Gasteiger partial charge in [-0.2, -0.15) is 5.10 Å². The first kappa shape index (κ1) is 7.14. The Kier molecular flexibility index (Phi) is 5.48. The average molecular weight is 114 g/mol. The van der Waals surface area contributed by atoms with Gasteiger partial charge < -0.3 is 10.6 Å². The van der Waals surface area contributed by atoms with Gasteiger partial charge in [0.1, 0.15) is 6.29 Å². The molecule has 0 aliphatic heterocycles. The van der Waals surface area contributed by atoms with Crippen molar-refractivity contribution in [3.05, 3.63) is 0 Å². The summed E-state index contributed by atoms with van der Waals surface area (Å²) < 4.78 is 0. The van der Waals surface area contributed by atoms with Crippen molar-refractivity contribution in [2.75, 3.05) is 0 Å². The molecule has 0 aromatic rings. The zero-order valence-electron chi connectivity index (χ0n) is 4.71. The highest BCUT2D eigenvalue weighted by molar-refractivity contribution is 5.57. The molecule has 8 heavy (non-hydrogen) atoms. The van der Waals surface area contributed by atoms with Crippen molar-refractivity contribution in [1.82, 2.24) is 0 Å². The van der Waals surface area contributed by atoms with E-state index in [1.54, 1.807) is 6.21 Å². The van der Waals surface area contributed by atoms with Crippen LogP contribution in [-0.4, -0.2) is 12.5 Å². The summed E-state index contributed by atoms with van der Waals surface area (Å²) in [6, 6.07) is 0. The van der Waals surface area contributed by atoms with Crippen LogP contribution < -0.4 is 5.84 Å². The van der Waals surface area contributed by atoms with Gasteiger partial charge in [0, 0.05) is 12.6 Å². The fraction of sp³-hybridized carbons (Fsp3) is 0.600. The van der Waals surface area contributed by atoms with E-state index >= 15 is 0 Å². The van der Waals surface area contributed by atoms with Crippen molar-refractivity contribution < 1.29 is 4.79 Å². The average Bonchev–Trinajstić information content (AvgIpc) is 1.81. The molecule has 0 spiro atoms. The number of hydrogen-bond acceptors (Lipinski definition) is 3. The summed E-state index contributed by atoms with van der Waals surface area (Å²) in [5.41, 5.74) is 0. The van der Waals surface area contributed by atoms with Crippen molar-refractivity contribution >= 4 is 12.5 Å². The number of carbonyl (C=O) groups excluding carboxylic acids is 1. The Morgan fingerprint density at radius 3 is 2.75 bits per heavy atom. The van der Waals surface area contributed by atoms with Crippen molar-refractivity contribution in [2.24, 2.45) is 10.9 Å². The summed E-state index contributed by atoms with van der Waals surface area (Å²) in [6.07, 6.45) is 4.75. The lowest BCUT2D eigenvalue weighted by Gasteiger charge is -1.82. The van der Waals surface area contributed by atoms with Crippen molar-refractivity contribution in [3.8, 4) is 0 Å². The van der Waals surface area contributed by atoms with Gasteiger partial charge in [-0.05, 0) is 12.8 Å². The Bertz CT molecular complexity index is 80.5. The second-order valence-electron chi connectivity index (χ2n) is 1.43. The standard InChI is InChI=1S/C5H10N2O/c6-7-4-2-1-3-5-8/h4-5H,1-3,6H2/b7-4+. The molecule has 0 aromatic carbocycles. The van der Waals surface area contributed by atoms with Gasteiger partial charge in [0.15, 0.2) is 0 Å². The van der Waals surface area contributed by atoms with E-state index in [-0.39, 0.29) is 0 Å². The summed E-state index contributed by atoms with van der Waals surface area (Å²) in [4.78, 5) is 9.69. The molecule has 0 bridgehead atoms. The summed E-state index contributed by atoms with van der Waals surface area (Å²) in [7, 11) is 0. The fourth-order valence-electron chi connectivity index (χ4n) is 0.367. The molecule has 0 atom stereocenters. The Hall–Kier alpha value is -0.860. The van der Waals surface area contributed by atoms with Crippen LogP contribution >= 0.6 is 0 Å². The number of rotatable bonds is 4. The van der Waals surface area contributed by atoms with E-state index in [2.05, 4.69) is 5.10 Å². The Morgan fingerprint density at radius 1 is 1.50 bits per heavy atom. The lowest BCUT2D eigenvalue weighted by Crippen LogP contribution is -1.83. The van der Waals surface area contributed by atoms with Crippen LogP contribution in [0, 0.1) is 0 Å². The molecule has 0 saturated heterocycles. The molecule has 0 saturated carbocycles. The third kappa shape index (κ3) is 5.14. The maximum Gasteiger partial charge on any atom is 0.120 e. The highest BCUT2D eigenvalue weighted by Gasteiger charge is 1.79. The predicted molar refractivity (Wildman–Crippen MR) is 32.6 cm³/mol.